The van der Waals surface area contributed by atoms with Crippen molar-refractivity contribution >= 4 is 5.91 Å². The third-order valence-corrected chi connectivity index (χ3v) is 4.05. The molecule has 104 valence electrons. The summed E-state index contributed by atoms with van der Waals surface area (Å²) in [5, 5.41) is 6.52. The van der Waals surface area contributed by atoms with Crippen molar-refractivity contribution in [3.05, 3.63) is 29.6 Å². The minimum Gasteiger partial charge on any atom is -0.350 e. The molecule has 19 heavy (non-hydrogen) atoms. The Labute approximate surface area is 115 Å². The maximum atomic E-state index is 12.1. The summed E-state index contributed by atoms with van der Waals surface area (Å²) in [6.45, 7) is 8.07. The molecule has 0 saturated carbocycles. The van der Waals surface area contributed by atoms with E-state index in [1.54, 1.807) is 12.3 Å². The predicted octanol–water partition coefficient (Wildman–Crippen LogP) is 1.90. The number of nitrogens with one attached hydrogen (secondary N) is 2. The van der Waals surface area contributed by atoms with E-state index in [1.807, 2.05) is 13.0 Å². The Hall–Kier alpha value is -1.42. The minimum absolute atomic E-state index is 0.0335. The highest BCUT2D eigenvalue weighted by molar-refractivity contribution is 5.95. The summed E-state index contributed by atoms with van der Waals surface area (Å²) in [6.07, 6.45) is 4.11. The number of aromatic nitrogens is 1. The lowest BCUT2D eigenvalue weighted by Crippen LogP contribution is -2.52. The van der Waals surface area contributed by atoms with Crippen LogP contribution in [0, 0.1) is 12.3 Å². The van der Waals surface area contributed by atoms with Gasteiger partial charge in [-0.1, -0.05) is 13.8 Å². The number of rotatable bonds is 3. The monoisotopic (exact) mass is 261 g/mol. The Balaban J connectivity index is 1.95. The van der Waals surface area contributed by atoms with E-state index >= 15 is 0 Å². The van der Waals surface area contributed by atoms with Gasteiger partial charge in [0.1, 0.15) is 0 Å². The van der Waals surface area contributed by atoms with Crippen LogP contribution in [0.4, 0.5) is 0 Å². The summed E-state index contributed by atoms with van der Waals surface area (Å²) in [6, 6.07) is 3.95. The van der Waals surface area contributed by atoms with Gasteiger partial charge in [0, 0.05) is 24.5 Å². The van der Waals surface area contributed by atoms with Crippen LogP contribution in [0.25, 0.3) is 0 Å². The molecule has 0 spiro atoms. The summed E-state index contributed by atoms with van der Waals surface area (Å²) in [5.41, 5.74) is 1.67. The maximum Gasteiger partial charge on any atom is 0.253 e. The van der Waals surface area contributed by atoms with E-state index < -0.39 is 0 Å². The van der Waals surface area contributed by atoms with E-state index in [4.69, 9.17) is 0 Å². The van der Waals surface area contributed by atoms with Gasteiger partial charge in [0.2, 0.25) is 0 Å². The van der Waals surface area contributed by atoms with Gasteiger partial charge in [-0.25, -0.2) is 0 Å². The SMILES string of the molecule is Cc1ncccc1C(=O)NCC1NCCCC1(C)C. The molecule has 2 rings (SSSR count). The van der Waals surface area contributed by atoms with Gasteiger partial charge in [0.05, 0.1) is 5.56 Å². The third kappa shape index (κ3) is 3.32. The van der Waals surface area contributed by atoms with Gasteiger partial charge < -0.3 is 10.6 Å². The molecule has 1 aliphatic heterocycles. The molecule has 1 unspecified atom stereocenters. The van der Waals surface area contributed by atoms with Crippen LogP contribution in [-0.4, -0.2) is 30.0 Å². The second-order valence-corrected chi connectivity index (χ2v) is 5.95. The van der Waals surface area contributed by atoms with Gasteiger partial charge in [-0.15, -0.1) is 0 Å². The largest absolute Gasteiger partial charge is 0.350 e. The molecule has 4 heteroatoms. The quantitative estimate of drug-likeness (QED) is 0.873. The molecule has 2 N–H and O–H groups in total. The number of carbonyl (C=O) groups is 1. The van der Waals surface area contributed by atoms with Crippen LogP contribution in [0.5, 0.6) is 0 Å². The van der Waals surface area contributed by atoms with E-state index in [0.717, 1.165) is 12.2 Å². The molecule has 0 aromatic carbocycles. The third-order valence-electron chi connectivity index (χ3n) is 4.05. The fourth-order valence-electron chi connectivity index (χ4n) is 2.63. The summed E-state index contributed by atoms with van der Waals surface area (Å²) < 4.78 is 0. The first kappa shape index (κ1) is 14.0. The number of pyridine rings is 1. The Kier molecular flexibility index (Phi) is 4.20. The molecule has 1 amide bonds. The lowest BCUT2D eigenvalue weighted by Gasteiger charge is -2.39. The van der Waals surface area contributed by atoms with Crippen molar-refractivity contribution in [1.82, 2.24) is 15.6 Å². The zero-order chi connectivity index (χ0) is 13.9. The van der Waals surface area contributed by atoms with Crippen molar-refractivity contribution in [3.8, 4) is 0 Å². The molecule has 0 bridgehead atoms. The van der Waals surface area contributed by atoms with Gasteiger partial charge >= 0.3 is 0 Å². The molecule has 1 atom stereocenters. The molecule has 0 radical (unpaired) electrons. The topological polar surface area (TPSA) is 54.0 Å². The molecule has 2 heterocycles. The Bertz CT molecular complexity index is 456. The summed E-state index contributed by atoms with van der Waals surface area (Å²) in [4.78, 5) is 16.3. The zero-order valence-electron chi connectivity index (χ0n) is 12.0. The van der Waals surface area contributed by atoms with Gasteiger partial charge in [-0.3, -0.25) is 9.78 Å². The normalized spacial score (nSPS) is 21.9. The first-order chi connectivity index (χ1) is 9.00. The van der Waals surface area contributed by atoms with E-state index in [1.165, 1.54) is 12.8 Å². The van der Waals surface area contributed by atoms with Crippen LogP contribution in [0.3, 0.4) is 0 Å². The van der Waals surface area contributed by atoms with Crippen molar-refractivity contribution in [2.24, 2.45) is 5.41 Å². The number of hydrogen-bond donors (Lipinski definition) is 2. The Morgan fingerprint density at radius 1 is 1.58 bits per heavy atom. The van der Waals surface area contributed by atoms with Crippen LogP contribution in [0.1, 0.15) is 42.7 Å². The summed E-state index contributed by atoms with van der Waals surface area (Å²) in [7, 11) is 0. The van der Waals surface area contributed by atoms with Crippen LogP contribution in [0.15, 0.2) is 18.3 Å². The highest BCUT2D eigenvalue weighted by Gasteiger charge is 2.32. The maximum absolute atomic E-state index is 12.1. The average molecular weight is 261 g/mol. The molecule has 1 aromatic rings. The van der Waals surface area contributed by atoms with Crippen LogP contribution in [-0.2, 0) is 0 Å². The highest BCUT2D eigenvalue weighted by atomic mass is 16.1. The van der Waals surface area contributed by atoms with Crippen LogP contribution < -0.4 is 10.6 Å². The molecule has 0 aliphatic carbocycles. The molecular formula is C15H23N3O. The summed E-state index contributed by atoms with van der Waals surface area (Å²) >= 11 is 0. The number of aryl methyl sites for hydroxylation is 1. The van der Waals surface area contributed by atoms with Crippen molar-refractivity contribution < 1.29 is 4.79 Å². The Morgan fingerprint density at radius 2 is 2.37 bits per heavy atom. The lowest BCUT2D eigenvalue weighted by molar-refractivity contribution is 0.0928. The van der Waals surface area contributed by atoms with E-state index in [9.17, 15) is 4.79 Å². The van der Waals surface area contributed by atoms with Gasteiger partial charge in [0.25, 0.3) is 5.91 Å². The smallest absolute Gasteiger partial charge is 0.253 e. The highest BCUT2D eigenvalue weighted by Crippen LogP contribution is 2.29. The molecule has 1 aromatic heterocycles. The Morgan fingerprint density at radius 3 is 3.05 bits per heavy atom. The van der Waals surface area contributed by atoms with Crippen LogP contribution in [0.2, 0.25) is 0 Å². The van der Waals surface area contributed by atoms with Crippen molar-refractivity contribution in [2.45, 2.75) is 39.7 Å². The first-order valence-electron chi connectivity index (χ1n) is 6.94. The second kappa shape index (κ2) is 5.70. The molecular weight excluding hydrogens is 238 g/mol. The zero-order valence-corrected chi connectivity index (χ0v) is 12.0. The summed E-state index contributed by atoms with van der Waals surface area (Å²) in [5.74, 6) is -0.0335. The van der Waals surface area contributed by atoms with E-state index in [0.29, 0.717) is 18.2 Å². The molecule has 4 nitrogen and oxygen atoms in total. The number of carbonyl (C=O) groups excluding carboxylic acids is 1. The number of nitrogens with zero attached hydrogens (tertiary/aromatic N) is 1. The molecule has 1 fully saturated rings. The van der Waals surface area contributed by atoms with Crippen molar-refractivity contribution in [1.29, 1.82) is 0 Å². The lowest BCUT2D eigenvalue weighted by atomic mass is 9.77. The number of piperidine rings is 1. The standard InChI is InChI=1S/C15H23N3O/c1-11-12(6-4-8-16-11)14(19)18-10-13-15(2,3)7-5-9-17-13/h4,6,8,13,17H,5,7,9-10H2,1-3H3,(H,18,19). The number of hydrogen-bond acceptors (Lipinski definition) is 3. The molecule has 1 aliphatic rings. The van der Waals surface area contributed by atoms with Crippen LogP contribution >= 0.6 is 0 Å². The fraction of sp³-hybridized carbons (Fsp3) is 0.600. The predicted molar refractivity (Wildman–Crippen MR) is 76.1 cm³/mol. The first-order valence-corrected chi connectivity index (χ1v) is 6.94. The second-order valence-electron chi connectivity index (χ2n) is 5.95. The minimum atomic E-state index is -0.0335. The number of amides is 1. The van der Waals surface area contributed by atoms with E-state index in [2.05, 4.69) is 29.5 Å². The average Bonchev–Trinajstić information content (AvgIpc) is 2.37. The molecule has 1 saturated heterocycles. The van der Waals surface area contributed by atoms with Gasteiger partial charge in [0.15, 0.2) is 0 Å². The van der Waals surface area contributed by atoms with E-state index in [-0.39, 0.29) is 11.3 Å². The fourth-order valence-corrected chi connectivity index (χ4v) is 2.63. The van der Waals surface area contributed by atoms with Crippen molar-refractivity contribution in [3.63, 3.8) is 0 Å². The van der Waals surface area contributed by atoms with Gasteiger partial charge in [-0.2, -0.15) is 0 Å². The van der Waals surface area contributed by atoms with Gasteiger partial charge in [-0.05, 0) is 43.9 Å². The van der Waals surface area contributed by atoms with Crippen molar-refractivity contribution in [2.75, 3.05) is 13.1 Å².